The molecule has 0 N–H and O–H groups in total. The molecule has 2 nitrogen and oxygen atoms in total. The zero-order valence-electron chi connectivity index (χ0n) is 11.6. The zero-order chi connectivity index (χ0) is 14.7. The Hall–Kier alpha value is -2.58. The smallest absolute Gasteiger partial charge is 0.0991 e. The Kier molecular flexibility index (Phi) is 3.71. The Morgan fingerprint density at radius 1 is 0.619 bits per heavy atom. The molecule has 0 aliphatic heterocycles. The maximum Gasteiger partial charge on any atom is 0.0991 e. The molecule has 21 heavy (non-hydrogen) atoms. The molecule has 2 aromatic rings. The van der Waals surface area contributed by atoms with E-state index in [1.54, 1.807) is 0 Å². The highest BCUT2D eigenvalue weighted by Crippen LogP contribution is 2.42. The summed E-state index contributed by atoms with van der Waals surface area (Å²) in [6.07, 6.45) is 3.13. The maximum atomic E-state index is 8.84. The van der Waals surface area contributed by atoms with E-state index in [-0.39, 0.29) is 0 Å². The summed E-state index contributed by atoms with van der Waals surface area (Å²) in [5, 5.41) is 17.7. The fourth-order valence-corrected chi connectivity index (χ4v) is 2.79. The second kappa shape index (κ2) is 5.81. The van der Waals surface area contributed by atoms with Gasteiger partial charge in [-0.3, -0.25) is 0 Å². The van der Waals surface area contributed by atoms with Crippen molar-refractivity contribution in [2.24, 2.45) is 0 Å². The third kappa shape index (κ3) is 2.81. The molecule has 0 saturated heterocycles. The number of hydrogen-bond acceptors (Lipinski definition) is 2. The average molecular weight is 270 g/mol. The van der Waals surface area contributed by atoms with Crippen LogP contribution in [0.3, 0.4) is 0 Å². The number of rotatable bonds is 2. The second-order valence-electron chi connectivity index (χ2n) is 5.26. The lowest BCUT2D eigenvalue weighted by molar-refractivity contribution is 0.942. The molecule has 100 valence electrons. The fourth-order valence-electron chi connectivity index (χ4n) is 2.79. The Bertz CT molecular complexity index is 636. The van der Waals surface area contributed by atoms with E-state index >= 15 is 0 Å². The molecule has 0 aromatic heterocycles. The highest BCUT2D eigenvalue weighted by Gasteiger charge is 2.27. The van der Waals surface area contributed by atoms with Crippen molar-refractivity contribution in [1.82, 2.24) is 0 Å². The Morgan fingerprint density at radius 3 is 1.33 bits per heavy atom. The van der Waals surface area contributed by atoms with Gasteiger partial charge in [-0.05, 0) is 54.7 Å². The minimum atomic E-state index is 0.702. The van der Waals surface area contributed by atoms with Crippen LogP contribution in [0.25, 0.3) is 0 Å². The third-order valence-electron chi connectivity index (χ3n) is 4.00. The highest BCUT2D eigenvalue weighted by molar-refractivity contribution is 5.45. The minimum Gasteiger partial charge on any atom is -0.192 e. The third-order valence-corrected chi connectivity index (χ3v) is 4.00. The topological polar surface area (TPSA) is 47.6 Å². The largest absolute Gasteiger partial charge is 0.192 e. The molecule has 1 fully saturated rings. The normalized spacial score (nSPS) is 15.5. The van der Waals surface area contributed by atoms with Gasteiger partial charge in [-0.15, -0.1) is 0 Å². The van der Waals surface area contributed by atoms with Gasteiger partial charge >= 0.3 is 0 Å². The van der Waals surface area contributed by atoms with Crippen LogP contribution in [0.15, 0.2) is 48.5 Å². The van der Waals surface area contributed by atoms with Crippen molar-refractivity contribution in [1.29, 1.82) is 10.5 Å². The molecule has 3 rings (SSSR count). The predicted molar refractivity (Wildman–Crippen MR) is 80.9 cm³/mol. The molecule has 0 unspecified atom stereocenters. The summed E-state index contributed by atoms with van der Waals surface area (Å²) in [6, 6.07) is 20.0. The molecule has 0 atom stereocenters. The van der Waals surface area contributed by atoms with Gasteiger partial charge in [0, 0.05) is 11.8 Å². The summed E-state index contributed by atoms with van der Waals surface area (Å²) < 4.78 is 0. The molecule has 2 aromatic carbocycles. The first kappa shape index (κ1) is 13.4. The van der Waals surface area contributed by atoms with Crippen molar-refractivity contribution in [3.63, 3.8) is 0 Å². The first-order valence-electron chi connectivity index (χ1n) is 7.00. The number of nitriles is 2. The lowest BCUT2D eigenvalue weighted by Gasteiger charge is -2.11. The molecule has 0 spiro atoms. The predicted octanol–water partition coefficient (Wildman–Crippen LogP) is 4.16. The minimum absolute atomic E-state index is 0.702. The molecular formula is C19H14N2. The van der Waals surface area contributed by atoms with Gasteiger partial charge in [-0.25, -0.2) is 0 Å². The first-order valence-corrected chi connectivity index (χ1v) is 7.00. The molecule has 0 amide bonds. The van der Waals surface area contributed by atoms with Crippen molar-refractivity contribution < 1.29 is 0 Å². The van der Waals surface area contributed by atoms with Crippen LogP contribution in [-0.4, -0.2) is 0 Å². The van der Waals surface area contributed by atoms with Gasteiger partial charge in [0.1, 0.15) is 0 Å². The molecule has 0 bridgehead atoms. The van der Waals surface area contributed by atoms with Crippen molar-refractivity contribution in [2.45, 2.75) is 19.3 Å². The number of nitrogens with zero attached hydrogens (tertiary/aromatic N) is 2. The van der Waals surface area contributed by atoms with Crippen LogP contribution < -0.4 is 0 Å². The summed E-state index contributed by atoms with van der Waals surface area (Å²) in [5.74, 6) is 2.86. The second-order valence-corrected chi connectivity index (χ2v) is 5.26. The van der Waals surface area contributed by atoms with Crippen LogP contribution in [0, 0.1) is 34.5 Å². The monoisotopic (exact) mass is 270 g/mol. The van der Waals surface area contributed by atoms with Crippen molar-refractivity contribution in [3.8, 4) is 12.1 Å². The summed E-state index contributed by atoms with van der Waals surface area (Å²) in [7, 11) is 0. The fraction of sp³-hybridized carbons (Fsp3) is 0.158. The molecule has 2 heteroatoms. The average Bonchev–Trinajstić information content (AvgIpc) is 3.05. The van der Waals surface area contributed by atoms with E-state index in [1.165, 1.54) is 23.0 Å². The van der Waals surface area contributed by atoms with Gasteiger partial charge in [0.25, 0.3) is 0 Å². The van der Waals surface area contributed by atoms with E-state index in [0.29, 0.717) is 11.1 Å². The van der Waals surface area contributed by atoms with Gasteiger partial charge < -0.3 is 0 Å². The van der Waals surface area contributed by atoms with Crippen molar-refractivity contribution in [3.05, 3.63) is 82.6 Å². The standard InChI is InChI=1S/C19H14N2/c20-12-14-1-5-16(6-2-14)18-9-10-19(11-18)17-7-3-15(13-21)4-8-17/h1-8H,9-11H2. The van der Waals surface area contributed by atoms with Gasteiger partial charge in [-0.1, -0.05) is 24.3 Å². The summed E-state index contributed by atoms with van der Waals surface area (Å²) in [5.41, 5.74) is 3.87. The quantitative estimate of drug-likeness (QED) is 0.822. The molecule has 1 aliphatic carbocycles. The highest BCUT2D eigenvalue weighted by atomic mass is 14.3. The van der Waals surface area contributed by atoms with E-state index in [4.69, 9.17) is 10.5 Å². The van der Waals surface area contributed by atoms with Gasteiger partial charge in [0.2, 0.25) is 0 Å². The maximum absolute atomic E-state index is 8.84. The van der Waals surface area contributed by atoms with Crippen LogP contribution >= 0.6 is 0 Å². The zero-order valence-corrected chi connectivity index (χ0v) is 11.6. The molecule has 0 heterocycles. The Morgan fingerprint density at radius 2 is 1.00 bits per heavy atom. The van der Waals surface area contributed by atoms with Crippen LogP contribution in [0.5, 0.6) is 0 Å². The van der Waals surface area contributed by atoms with Gasteiger partial charge in [-0.2, -0.15) is 10.5 Å². The summed E-state index contributed by atoms with van der Waals surface area (Å²) in [6.45, 7) is 0. The lowest BCUT2D eigenvalue weighted by atomic mass is 9.92. The van der Waals surface area contributed by atoms with Crippen LogP contribution in [0.2, 0.25) is 0 Å². The molecular weight excluding hydrogens is 256 g/mol. The summed E-state index contributed by atoms with van der Waals surface area (Å²) in [4.78, 5) is 0. The number of hydrogen-bond donors (Lipinski definition) is 0. The first-order chi connectivity index (χ1) is 10.3. The summed E-state index contributed by atoms with van der Waals surface area (Å²) >= 11 is 0. The number of benzene rings is 2. The van der Waals surface area contributed by atoms with Crippen LogP contribution in [-0.2, 0) is 0 Å². The van der Waals surface area contributed by atoms with E-state index in [2.05, 4.69) is 12.1 Å². The van der Waals surface area contributed by atoms with E-state index in [0.717, 1.165) is 19.3 Å². The SMILES string of the molecule is N#Cc1ccc([C]2CC[C](c3ccc(C#N)cc3)C2)cc1. The van der Waals surface area contributed by atoms with Gasteiger partial charge in [0.05, 0.1) is 23.3 Å². The molecule has 1 saturated carbocycles. The van der Waals surface area contributed by atoms with E-state index in [1.807, 2.05) is 48.5 Å². The van der Waals surface area contributed by atoms with Crippen molar-refractivity contribution >= 4 is 0 Å². The molecule has 1 aliphatic rings. The Labute approximate surface area is 125 Å². The van der Waals surface area contributed by atoms with E-state index < -0.39 is 0 Å². The van der Waals surface area contributed by atoms with Crippen LogP contribution in [0.1, 0.15) is 41.5 Å². The molecule has 2 radical (unpaired) electrons. The Balaban J connectivity index is 1.72. The van der Waals surface area contributed by atoms with Gasteiger partial charge in [0.15, 0.2) is 0 Å². The van der Waals surface area contributed by atoms with Crippen LogP contribution in [0.4, 0.5) is 0 Å². The van der Waals surface area contributed by atoms with Crippen molar-refractivity contribution in [2.75, 3.05) is 0 Å². The van der Waals surface area contributed by atoms with E-state index in [9.17, 15) is 0 Å². The lowest BCUT2D eigenvalue weighted by Crippen LogP contribution is -1.97.